The number of amides is 1. The summed E-state index contributed by atoms with van der Waals surface area (Å²) in [4.78, 5) is 23.9. The highest BCUT2D eigenvalue weighted by Crippen LogP contribution is 2.23. The summed E-state index contributed by atoms with van der Waals surface area (Å²) in [6.45, 7) is 2.51. The van der Waals surface area contributed by atoms with Gasteiger partial charge in [-0.2, -0.15) is 0 Å². The molecule has 23 heavy (non-hydrogen) atoms. The number of hydrogen-bond acceptors (Lipinski definition) is 3. The molecule has 2 N–H and O–H groups in total. The largest absolute Gasteiger partial charge is 0.324 e. The number of nitro benzene ring substituents is 1. The van der Waals surface area contributed by atoms with E-state index in [0.717, 1.165) is 10.5 Å². The van der Waals surface area contributed by atoms with E-state index < -0.39 is 4.92 Å². The Kier molecular flexibility index (Phi) is 5.43. The smallest absolute Gasteiger partial charge is 0.292 e. The van der Waals surface area contributed by atoms with Gasteiger partial charge < -0.3 is 10.2 Å². The molecule has 6 nitrogen and oxygen atoms in total. The van der Waals surface area contributed by atoms with Crippen LogP contribution < -0.4 is 10.2 Å². The molecule has 0 aromatic heterocycles. The number of para-hydroxylation sites is 2. The molecule has 2 aromatic rings. The van der Waals surface area contributed by atoms with Gasteiger partial charge in [0, 0.05) is 11.6 Å². The molecule has 0 radical (unpaired) electrons. The zero-order chi connectivity index (χ0) is 16.8. The number of likely N-dealkylation sites (N-methyl/N-ethyl adjacent to an activating group) is 1. The lowest BCUT2D eigenvalue weighted by atomic mass is 10.2. The summed E-state index contributed by atoms with van der Waals surface area (Å²) >= 11 is 0. The van der Waals surface area contributed by atoms with Gasteiger partial charge in [0.2, 0.25) is 0 Å². The molecule has 0 aliphatic rings. The van der Waals surface area contributed by atoms with E-state index in [1.807, 2.05) is 44.3 Å². The molecule has 6 heteroatoms. The van der Waals surface area contributed by atoms with Crippen LogP contribution in [0, 0.1) is 10.1 Å². The van der Waals surface area contributed by atoms with Crippen LogP contribution in [0.3, 0.4) is 0 Å². The third kappa shape index (κ3) is 4.37. The van der Waals surface area contributed by atoms with Crippen LogP contribution >= 0.6 is 0 Å². The Labute approximate surface area is 134 Å². The lowest BCUT2D eigenvalue weighted by Gasteiger charge is -2.21. The van der Waals surface area contributed by atoms with Gasteiger partial charge in [-0.05, 0) is 13.0 Å². The van der Waals surface area contributed by atoms with Crippen molar-refractivity contribution in [3.63, 3.8) is 0 Å². The summed E-state index contributed by atoms with van der Waals surface area (Å²) in [7, 11) is 1.93. The lowest BCUT2D eigenvalue weighted by Crippen LogP contribution is -3.12. The predicted molar refractivity (Wildman–Crippen MR) is 88.2 cm³/mol. The zero-order valence-electron chi connectivity index (χ0n) is 13.2. The second-order valence-corrected chi connectivity index (χ2v) is 5.49. The normalized spacial score (nSPS) is 13.1. The van der Waals surface area contributed by atoms with Crippen molar-refractivity contribution in [2.45, 2.75) is 19.5 Å². The second-order valence-electron chi connectivity index (χ2n) is 5.49. The topological polar surface area (TPSA) is 76.7 Å². The van der Waals surface area contributed by atoms with Crippen molar-refractivity contribution in [2.75, 3.05) is 12.4 Å². The minimum Gasteiger partial charge on any atom is -0.324 e. The van der Waals surface area contributed by atoms with Crippen LogP contribution in [-0.2, 0) is 11.3 Å². The second kappa shape index (κ2) is 7.51. The van der Waals surface area contributed by atoms with Crippen LogP contribution in [0.15, 0.2) is 54.6 Å². The average Bonchev–Trinajstić information content (AvgIpc) is 2.55. The van der Waals surface area contributed by atoms with Crippen LogP contribution in [0.25, 0.3) is 0 Å². The number of nitrogens with zero attached hydrogens (tertiary/aromatic N) is 1. The summed E-state index contributed by atoms with van der Waals surface area (Å²) in [5, 5.41) is 13.7. The first-order chi connectivity index (χ1) is 11.0. The molecule has 0 aliphatic heterocycles. The van der Waals surface area contributed by atoms with Crippen LogP contribution in [0.4, 0.5) is 11.4 Å². The molecule has 0 aliphatic carbocycles. The van der Waals surface area contributed by atoms with E-state index in [9.17, 15) is 14.9 Å². The van der Waals surface area contributed by atoms with Crippen molar-refractivity contribution in [3.05, 3.63) is 70.3 Å². The average molecular weight is 314 g/mol. The van der Waals surface area contributed by atoms with Crippen molar-refractivity contribution >= 4 is 17.3 Å². The van der Waals surface area contributed by atoms with E-state index in [1.54, 1.807) is 12.1 Å². The highest BCUT2D eigenvalue weighted by molar-refractivity contribution is 5.95. The van der Waals surface area contributed by atoms with E-state index in [0.29, 0.717) is 6.54 Å². The summed E-state index contributed by atoms with van der Waals surface area (Å²) in [6.07, 6.45) is 0. The Morgan fingerprint density at radius 3 is 2.43 bits per heavy atom. The number of quaternary nitrogens is 1. The predicted octanol–water partition coefficient (Wildman–Crippen LogP) is 1.64. The number of hydrogen-bond donors (Lipinski definition) is 2. The number of nitro groups is 1. The summed E-state index contributed by atoms with van der Waals surface area (Å²) in [5.41, 5.74) is 1.26. The lowest BCUT2D eigenvalue weighted by molar-refractivity contribution is -0.907. The number of rotatable bonds is 6. The highest BCUT2D eigenvalue weighted by atomic mass is 16.6. The maximum Gasteiger partial charge on any atom is 0.292 e. The van der Waals surface area contributed by atoms with Crippen molar-refractivity contribution < 1.29 is 14.6 Å². The minimum atomic E-state index is -0.499. The number of benzene rings is 2. The molecule has 2 aromatic carbocycles. The van der Waals surface area contributed by atoms with Gasteiger partial charge in [-0.3, -0.25) is 14.9 Å². The van der Waals surface area contributed by atoms with Crippen molar-refractivity contribution in [2.24, 2.45) is 0 Å². The molecule has 120 valence electrons. The third-order valence-electron chi connectivity index (χ3n) is 3.82. The zero-order valence-corrected chi connectivity index (χ0v) is 13.2. The van der Waals surface area contributed by atoms with Gasteiger partial charge in [-0.25, -0.2) is 0 Å². The number of anilines is 1. The molecule has 1 unspecified atom stereocenters. The van der Waals surface area contributed by atoms with Gasteiger partial charge in [0.1, 0.15) is 12.2 Å². The molecule has 0 bridgehead atoms. The van der Waals surface area contributed by atoms with Gasteiger partial charge in [0.25, 0.3) is 11.6 Å². The molecule has 1 amide bonds. The van der Waals surface area contributed by atoms with Gasteiger partial charge in [0.15, 0.2) is 6.04 Å². The Hall–Kier alpha value is -2.73. The number of nitrogens with one attached hydrogen (secondary N) is 2. The Bertz CT molecular complexity index is 688. The minimum absolute atomic E-state index is 0.103. The fourth-order valence-electron chi connectivity index (χ4n) is 2.27. The molecule has 0 saturated heterocycles. The molecular formula is C17H20N3O3+. The molecule has 0 heterocycles. The van der Waals surface area contributed by atoms with Crippen molar-refractivity contribution in [3.8, 4) is 0 Å². The quantitative estimate of drug-likeness (QED) is 0.628. The number of carbonyl (C=O) groups excluding carboxylic acids is 1. The first-order valence-corrected chi connectivity index (χ1v) is 7.39. The molecule has 2 atom stereocenters. The third-order valence-corrected chi connectivity index (χ3v) is 3.82. The maximum atomic E-state index is 12.4. The first kappa shape index (κ1) is 16.6. The molecule has 0 saturated carbocycles. The van der Waals surface area contributed by atoms with Crippen LogP contribution in [0.5, 0.6) is 0 Å². The van der Waals surface area contributed by atoms with E-state index in [-0.39, 0.29) is 23.3 Å². The Balaban J connectivity index is 2.04. The summed E-state index contributed by atoms with van der Waals surface area (Å²) in [6, 6.07) is 15.7. The number of carbonyl (C=O) groups is 1. The Morgan fingerprint density at radius 1 is 1.17 bits per heavy atom. The molecular weight excluding hydrogens is 294 g/mol. The van der Waals surface area contributed by atoms with Crippen molar-refractivity contribution in [1.29, 1.82) is 0 Å². The van der Waals surface area contributed by atoms with Crippen LogP contribution in [-0.4, -0.2) is 23.9 Å². The van der Waals surface area contributed by atoms with Gasteiger partial charge in [-0.15, -0.1) is 0 Å². The van der Waals surface area contributed by atoms with Gasteiger partial charge >= 0.3 is 0 Å². The fraction of sp³-hybridized carbons (Fsp3) is 0.235. The summed E-state index contributed by atoms with van der Waals surface area (Å²) in [5.74, 6) is -0.243. The standard InChI is InChI=1S/C17H19N3O3/c1-13(19(2)12-14-8-4-3-5-9-14)17(21)18-15-10-6-7-11-16(15)20(22)23/h3-11,13H,12H2,1-2H3,(H,18,21)/p+1/t13-/m1/s1. The molecule has 2 rings (SSSR count). The van der Waals surface area contributed by atoms with E-state index in [4.69, 9.17) is 0 Å². The van der Waals surface area contributed by atoms with Crippen molar-refractivity contribution in [1.82, 2.24) is 0 Å². The molecule has 0 fully saturated rings. The molecule has 0 spiro atoms. The maximum absolute atomic E-state index is 12.4. The highest BCUT2D eigenvalue weighted by Gasteiger charge is 2.24. The van der Waals surface area contributed by atoms with E-state index in [1.165, 1.54) is 12.1 Å². The Morgan fingerprint density at radius 2 is 1.78 bits per heavy atom. The van der Waals surface area contributed by atoms with Crippen LogP contribution in [0.1, 0.15) is 12.5 Å². The van der Waals surface area contributed by atoms with E-state index in [2.05, 4.69) is 5.32 Å². The monoisotopic (exact) mass is 314 g/mol. The van der Waals surface area contributed by atoms with Crippen LogP contribution in [0.2, 0.25) is 0 Å². The fourth-order valence-corrected chi connectivity index (χ4v) is 2.27. The summed E-state index contributed by atoms with van der Waals surface area (Å²) < 4.78 is 0. The first-order valence-electron chi connectivity index (χ1n) is 7.39. The van der Waals surface area contributed by atoms with Gasteiger partial charge in [0.05, 0.1) is 12.0 Å². The SMILES string of the molecule is C[C@H](C(=O)Nc1ccccc1[N+](=O)[O-])[NH+](C)Cc1ccccc1. The van der Waals surface area contributed by atoms with Gasteiger partial charge in [-0.1, -0.05) is 42.5 Å². The van der Waals surface area contributed by atoms with E-state index >= 15 is 0 Å².